The van der Waals surface area contributed by atoms with Crippen LogP contribution in [0.2, 0.25) is 0 Å². The summed E-state index contributed by atoms with van der Waals surface area (Å²) in [6, 6.07) is -0.210. The van der Waals surface area contributed by atoms with Crippen LogP contribution in [0, 0.1) is 0 Å². The molecule has 1 aliphatic heterocycles. The van der Waals surface area contributed by atoms with Crippen molar-refractivity contribution in [1.29, 1.82) is 0 Å². The van der Waals surface area contributed by atoms with Gasteiger partial charge >= 0.3 is 5.97 Å². The molecule has 8 heteroatoms. The molecule has 1 saturated heterocycles. The van der Waals surface area contributed by atoms with Gasteiger partial charge in [0.1, 0.15) is 0 Å². The van der Waals surface area contributed by atoms with E-state index in [0.717, 1.165) is 17.4 Å². The number of aliphatic hydroxyl groups is 1. The minimum Gasteiger partial charge on any atom is -0.480 e. The normalized spacial score (nSPS) is 19.3. The van der Waals surface area contributed by atoms with Gasteiger partial charge in [-0.3, -0.25) is 4.79 Å². The maximum Gasteiger partial charge on any atom is 0.320 e. The van der Waals surface area contributed by atoms with Crippen LogP contribution in [0.3, 0.4) is 0 Å². The van der Waals surface area contributed by atoms with E-state index in [4.69, 9.17) is 10.2 Å². The van der Waals surface area contributed by atoms with Crippen LogP contribution in [-0.2, 0) is 14.8 Å². The number of carbonyl (C=O) groups is 1. The van der Waals surface area contributed by atoms with Crippen molar-refractivity contribution in [3.8, 4) is 0 Å². The van der Waals surface area contributed by atoms with Crippen LogP contribution in [0.1, 0.15) is 12.8 Å². The Hall–Kier alpha value is -0.700. The molecule has 2 N–H and O–H groups in total. The smallest absolute Gasteiger partial charge is 0.320 e. The average Bonchev–Trinajstić information content (AvgIpc) is 2.25. The highest BCUT2D eigenvalue weighted by atomic mass is 32.2. The molecule has 7 nitrogen and oxygen atoms in total. The topological polar surface area (TPSA) is 98.2 Å². The van der Waals surface area contributed by atoms with Crippen molar-refractivity contribution in [3.05, 3.63) is 0 Å². The van der Waals surface area contributed by atoms with Gasteiger partial charge in [0.05, 0.1) is 6.61 Å². The number of piperidine rings is 1. The van der Waals surface area contributed by atoms with Crippen LogP contribution in [0.5, 0.6) is 0 Å². The molecule has 1 rings (SSSR count). The van der Waals surface area contributed by atoms with Gasteiger partial charge in [-0.2, -0.15) is 4.31 Å². The lowest BCUT2D eigenvalue weighted by molar-refractivity contribution is -0.134. The van der Waals surface area contributed by atoms with Gasteiger partial charge in [0.25, 0.3) is 0 Å². The van der Waals surface area contributed by atoms with Gasteiger partial charge in [-0.1, -0.05) is 0 Å². The summed E-state index contributed by atoms with van der Waals surface area (Å²) in [5.41, 5.74) is 0. The fraction of sp³-hybridized carbons (Fsp3) is 0.900. The predicted molar refractivity (Wildman–Crippen MR) is 65.7 cm³/mol. The molecule has 0 aromatic heterocycles. The number of carboxylic acids is 1. The Kier molecular flexibility index (Phi) is 5.51. The van der Waals surface area contributed by atoms with Crippen molar-refractivity contribution in [2.24, 2.45) is 0 Å². The molecule has 0 radical (unpaired) electrons. The van der Waals surface area contributed by atoms with Crippen LogP contribution >= 0.6 is 0 Å². The number of sulfonamides is 1. The number of aliphatic carboxylic acids is 1. The third-order valence-corrected chi connectivity index (χ3v) is 4.89. The summed E-state index contributed by atoms with van der Waals surface area (Å²) in [7, 11) is -1.89. The summed E-state index contributed by atoms with van der Waals surface area (Å²) in [6.07, 6.45) is 1.32. The number of carboxylic acid groups (broad SMARTS) is 1. The number of aliphatic hydroxyl groups excluding tert-OH is 1. The molecule has 0 unspecified atom stereocenters. The van der Waals surface area contributed by atoms with Crippen LogP contribution in [0.15, 0.2) is 0 Å². The summed E-state index contributed by atoms with van der Waals surface area (Å²) in [5.74, 6) is -2.29. The molecule has 0 amide bonds. The lowest BCUT2D eigenvalue weighted by Crippen LogP contribution is -2.49. The number of nitrogens with zero attached hydrogens (tertiary/aromatic N) is 2. The Morgan fingerprint density at radius 2 is 1.94 bits per heavy atom. The second-order valence-corrected chi connectivity index (χ2v) is 6.44. The Morgan fingerprint density at radius 1 is 1.39 bits per heavy atom. The van der Waals surface area contributed by atoms with Gasteiger partial charge in [0.15, 0.2) is 5.75 Å². The van der Waals surface area contributed by atoms with Crippen LogP contribution in [0.4, 0.5) is 0 Å². The fourth-order valence-corrected chi connectivity index (χ4v) is 3.67. The lowest BCUT2D eigenvalue weighted by atomic mass is 10.1. The molecule has 0 bridgehead atoms. The molecule has 18 heavy (non-hydrogen) atoms. The number of hydrogen-bond acceptors (Lipinski definition) is 5. The third-order valence-electron chi connectivity index (χ3n) is 3.08. The zero-order valence-corrected chi connectivity index (χ0v) is 11.3. The quantitative estimate of drug-likeness (QED) is 0.633. The first-order chi connectivity index (χ1) is 8.36. The van der Waals surface area contributed by atoms with E-state index in [-0.39, 0.29) is 19.2 Å². The summed E-state index contributed by atoms with van der Waals surface area (Å²) >= 11 is 0. The van der Waals surface area contributed by atoms with E-state index in [2.05, 4.69) is 4.90 Å². The monoisotopic (exact) mass is 280 g/mol. The van der Waals surface area contributed by atoms with E-state index in [0.29, 0.717) is 12.8 Å². The third kappa shape index (κ3) is 4.20. The largest absolute Gasteiger partial charge is 0.480 e. The minimum atomic E-state index is -3.85. The average molecular weight is 280 g/mol. The Balaban J connectivity index is 2.78. The number of hydrogen-bond donors (Lipinski definition) is 2. The molecule has 0 aromatic rings. The summed E-state index contributed by atoms with van der Waals surface area (Å²) in [5, 5.41) is 17.6. The Bertz CT molecular complexity index is 376. The second kappa shape index (κ2) is 6.46. The van der Waals surface area contributed by atoms with Crippen LogP contribution in [0.25, 0.3) is 0 Å². The van der Waals surface area contributed by atoms with E-state index in [1.165, 1.54) is 0 Å². The summed E-state index contributed by atoms with van der Waals surface area (Å²) in [6.45, 7) is 1.21. The van der Waals surface area contributed by atoms with Crippen molar-refractivity contribution in [3.63, 3.8) is 0 Å². The van der Waals surface area contributed by atoms with E-state index < -0.39 is 21.7 Å². The Labute approximate surface area is 107 Å². The van der Waals surface area contributed by atoms with Gasteiger partial charge in [-0.05, 0) is 33.0 Å². The highest BCUT2D eigenvalue weighted by Crippen LogP contribution is 2.18. The van der Waals surface area contributed by atoms with E-state index in [1.54, 1.807) is 0 Å². The number of rotatable bonds is 6. The van der Waals surface area contributed by atoms with Crippen LogP contribution < -0.4 is 0 Å². The lowest BCUT2D eigenvalue weighted by Gasteiger charge is -2.35. The summed E-state index contributed by atoms with van der Waals surface area (Å²) in [4.78, 5) is 12.7. The molecule has 106 valence electrons. The molecular formula is C10H20N2O5S. The van der Waals surface area contributed by atoms with Gasteiger partial charge in [-0.25, -0.2) is 8.42 Å². The van der Waals surface area contributed by atoms with Crippen LogP contribution in [-0.4, -0.2) is 78.9 Å². The SMILES string of the molecule is CN1CCC(N(CCO)S(=O)(=O)CC(=O)O)CC1. The number of likely N-dealkylation sites (tertiary alicyclic amines) is 1. The maximum absolute atomic E-state index is 11.9. The molecule has 1 aliphatic rings. The zero-order valence-electron chi connectivity index (χ0n) is 10.4. The highest BCUT2D eigenvalue weighted by molar-refractivity contribution is 7.89. The van der Waals surface area contributed by atoms with Crippen molar-refractivity contribution in [2.45, 2.75) is 18.9 Å². The first-order valence-corrected chi connectivity index (χ1v) is 7.48. The first kappa shape index (κ1) is 15.4. The molecule has 0 aromatic carbocycles. The van der Waals surface area contributed by atoms with Crippen molar-refractivity contribution < 1.29 is 23.4 Å². The standard InChI is InChI=1S/C10H20N2O5S/c1-11-4-2-9(3-5-11)12(6-7-13)18(16,17)8-10(14)15/h9,13H,2-8H2,1H3,(H,14,15). The fourth-order valence-electron chi connectivity index (χ4n) is 2.17. The Morgan fingerprint density at radius 3 is 2.39 bits per heavy atom. The molecule has 0 spiro atoms. The van der Waals surface area contributed by atoms with Gasteiger partial charge in [0.2, 0.25) is 10.0 Å². The zero-order chi connectivity index (χ0) is 13.8. The molecule has 1 heterocycles. The van der Waals surface area contributed by atoms with Gasteiger partial charge in [0, 0.05) is 12.6 Å². The van der Waals surface area contributed by atoms with Gasteiger partial charge in [-0.15, -0.1) is 0 Å². The van der Waals surface area contributed by atoms with E-state index in [1.807, 2.05) is 7.05 Å². The molecule has 0 saturated carbocycles. The second-order valence-electron chi connectivity index (χ2n) is 4.52. The van der Waals surface area contributed by atoms with E-state index in [9.17, 15) is 13.2 Å². The predicted octanol–water partition coefficient (Wildman–Crippen LogP) is -1.21. The van der Waals surface area contributed by atoms with Crippen molar-refractivity contribution >= 4 is 16.0 Å². The molecule has 1 fully saturated rings. The molecule has 0 atom stereocenters. The minimum absolute atomic E-state index is 0.0377. The molecule has 0 aliphatic carbocycles. The molecular weight excluding hydrogens is 260 g/mol. The van der Waals surface area contributed by atoms with Crippen molar-refractivity contribution in [2.75, 3.05) is 39.0 Å². The summed E-state index contributed by atoms with van der Waals surface area (Å²) < 4.78 is 25.0. The van der Waals surface area contributed by atoms with Gasteiger partial charge < -0.3 is 15.1 Å². The first-order valence-electron chi connectivity index (χ1n) is 5.87. The highest BCUT2D eigenvalue weighted by Gasteiger charge is 2.32. The van der Waals surface area contributed by atoms with E-state index >= 15 is 0 Å². The van der Waals surface area contributed by atoms with Crippen molar-refractivity contribution in [1.82, 2.24) is 9.21 Å². The maximum atomic E-state index is 11.9.